The van der Waals surface area contributed by atoms with Gasteiger partial charge in [-0.1, -0.05) is 36.4 Å². The van der Waals surface area contributed by atoms with Crippen LogP contribution in [0.4, 0.5) is 0 Å². The maximum Gasteiger partial charge on any atom is 0.257 e. The van der Waals surface area contributed by atoms with Gasteiger partial charge in [-0.2, -0.15) is 16.1 Å². The molecule has 0 spiro atoms. The fourth-order valence-corrected chi connectivity index (χ4v) is 5.64. The second-order valence-corrected chi connectivity index (χ2v) is 8.87. The second kappa shape index (κ2) is 7.32. The molecule has 23 heavy (non-hydrogen) atoms. The van der Waals surface area contributed by atoms with Gasteiger partial charge >= 0.3 is 0 Å². The zero-order valence-electron chi connectivity index (χ0n) is 12.8. The van der Waals surface area contributed by atoms with Gasteiger partial charge in [-0.3, -0.25) is 4.79 Å². The first-order valence-electron chi connectivity index (χ1n) is 7.69. The van der Waals surface area contributed by atoms with Gasteiger partial charge in [0, 0.05) is 5.92 Å². The standard InChI is InChI=1S/C18H19NO2S2/c20-18(15-11-13-22-14-12-15)19-23(21,16-7-3-1-4-8-16)17-9-5-2-6-10-17/h1-10,15H,11-14H2. The fraction of sp³-hybridized carbons (Fsp3) is 0.278. The first kappa shape index (κ1) is 16.3. The molecule has 1 saturated heterocycles. The molecule has 3 rings (SSSR count). The molecule has 0 unspecified atom stereocenters. The van der Waals surface area contributed by atoms with Gasteiger partial charge in [0.15, 0.2) is 0 Å². The van der Waals surface area contributed by atoms with Crippen LogP contribution in [-0.4, -0.2) is 21.6 Å². The van der Waals surface area contributed by atoms with Crippen molar-refractivity contribution in [3.8, 4) is 0 Å². The summed E-state index contributed by atoms with van der Waals surface area (Å²) in [6, 6.07) is 18.2. The van der Waals surface area contributed by atoms with Crippen molar-refractivity contribution in [1.82, 2.24) is 0 Å². The third-order valence-electron chi connectivity index (χ3n) is 3.91. The Labute approximate surface area is 141 Å². The molecule has 0 aromatic heterocycles. The molecular weight excluding hydrogens is 326 g/mol. The number of hydrogen-bond acceptors (Lipinski definition) is 3. The van der Waals surface area contributed by atoms with E-state index in [1.807, 2.05) is 48.2 Å². The Morgan fingerprint density at radius 3 is 1.87 bits per heavy atom. The lowest BCUT2D eigenvalue weighted by molar-refractivity contribution is -0.121. The molecule has 1 amide bonds. The maximum absolute atomic E-state index is 13.6. The molecule has 3 nitrogen and oxygen atoms in total. The highest BCUT2D eigenvalue weighted by molar-refractivity contribution is 7.99. The summed E-state index contributed by atoms with van der Waals surface area (Å²) in [4.78, 5) is 13.8. The number of benzene rings is 2. The number of hydrogen-bond donors (Lipinski definition) is 0. The maximum atomic E-state index is 13.6. The molecule has 1 heterocycles. The van der Waals surface area contributed by atoms with Crippen LogP contribution >= 0.6 is 11.8 Å². The van der Waals surface area contributed by atoms with E-state index in [4.69, 9.17) is 0 Å². The average Bonchev–Trinajstić information content (AvgIpc) is 2.64. The lowest BCUT2D eigenvalue weighted by Gasteiger charge is -2.19. The predicted molar refractivity (Wildman–Crippen MR) is 95.0 cm³/mol. The molecular formula is C18H19NO2S2. The SMILES string of the molecule is O=C(N=S(=O)(c1ccccc1)c1ccccc1)C1CCSCC1. The number of nitrogens with zero attached hydrogens (tertiary/aromatic N) is 1. The number of rotatable bonds is 3. The molecule has 0 aliphatic carbocycles. The van der Waals surface area contributed by atoms with Crippen LogP contribution in [0.1, 0.15) is 12.8 Å². The molecule has 2 aromatic carbocycles. The van der Waals surface area contributed by atoms with Gasteiger partial charge in [0.2, 0.25) is 0 Å². The molecule has 0 N–H and O–H groups in total. The third kappa shape index (κ3) is 3.67. The van der Waals surface area contributed by atoms with Gasteiger partial charge in [0.1, 0.15) is 9.73 Å². The van der Waals surface area contributed by atoms with Crippen LogP contribution in [0.15, 0.2) is 74.8 Å². The summed E-state index contributed by atoms with van der Waals surface area (Å²) in [5.74, 6) is 1.64. The van der Waals surface area contributed by atoms with Crippen molar-refractivity contribution >= 4 is 27.4 Å². The number of carbonyl (C=O) groups is 1. The Morgan fingerprint density at radius 1 is 0.913 bits per heavy atom. The van der Waals surface area contributed by atoms with Crippen LogP contribution in [0.5, 0.6) is 0 Å². The molecule has 2 aromatic rings. The molecule has 0 atom stereocenters. The van der Waals surface area contributed by atoms with Crippen molar-refractivity contribution in [2.24, 2.45) is 10.3 Å². The number of carbonyl (C=O) groups excluding carboxylic acids is 1. The summed E-state index contributed by atoms with van der Waals surface area (Å²) in [7, 11) is -2.93. The van der Waals surface area contributed by atoms with Crippen molar-refractivity contribution in [2.75, 3.05) is 11.5 Å². The summed E-state index contributed by atoms with van der Waals surface area (Å²) in [6.07, 6.45) is 1.65. The van der Waals surface area contributed by atoms with Gasteiger partial charge in [-0.15, -0.1) is 0 Å². The van der Waals surface area contributed by atoms with Crippen molar-refractivity contribution in [3.05, 3.63) is 60.7 Å². The summed E-state index contributed by atoms with van der Waals surface area (Å²) in [5.41, 5.74) is 0. The summed E-state index contributed by atoms with van der Waals surface area (Å²) in [6.45, 7) is 0. The fourth-order valence-electron chi connectivity index (χ4n) is 2.60. The number of amides is 1. The topological polar surface area (TPSA) is 46.5 Å². The summed E-state index contributed by atoms with van der Waals surface area (Å²) >= 11 is 1.86. The Balaban J connectivity index is 2.07. The van der Waals surface area contributed by atoms with E-state index in [1.165, 1.54) is 0 Å². The minimum absolute atomic E-state index is 0.0931. The first-order chi connectivity index (χ1) is 11.2. The van der Waals surface area contributed by atoms with E-state index in [2.05, 4.69) is 4.36 Å². The lowest BCUT2D eigenvalue weighted by atomic mass is 10.0. The monoisotopic (exact) mass is 345 g/mol. The van der Waals surface area contributed by atoms with Crippen LogP contribution in [0.2, 0.25) is 0 Å². The molecule has 1 aliphatic heterocycles. The zero-order chi connectivity index (χ0) is 16.1. The van der Waals surface area contributed by atoms with E-state index < -0.39 is 9.73 Å². The average molecular weight is 345 g/mol. The highest BCUT2D eigenvalue weighted by atomic mass is 32.2. The molecule has 0 saturated carbocycles. The predicted octanol–water partition coefficient (Wildman–Crippen LogP) is 4.24. The van der Waals surface area contributed by atoms with Crippen molar-refractivity contribution in [1.29, 1.82) is 0 Å². The largest absolute Gasteiger partial charge is 0.272 e. The van der Waals surface area contributed by atoms with E-state index in [9.17, 15) is 9.00 Å². The Hall–Kier alpha value is -1.59. The van der Waals surface area contributed by atoms with E-state index in [0.717, 1.165) is 24.3 Å². The van der Waals surface area contributed by atoms with Crippen LogP contribution < -0.4 is 0 Å². The second-order valence-electron chi connectivity index (χ2n) is 5.47. The minimum Gasteiger partial charge on any atom is -0.272 e. The van der Waals surface area contributed by atoms with Crippen LogP contribution in [0.3, 0.4) is 0 Å². The normalized spacial score (nSPS) is 16.0. The van der Waals surface area contributed by atoms with E-state index in [-0.39, 0.29) is 11.8 Å². The van der Waals surface area contributed by atoms with Crippen LogP contribution in [-0.2, 0) is 14.5 Å². The minimum atomic E-state index is -2.93. The van der Waals surface area contributed by atoms with Gasteiger partial charge in [-0.05, 0) is 48.6 Å². The van der Waals surface area contributed by atoms with Crippen LogP contribution in [0, 0.1) is 5.92 Å². The molecule has 1 aliphatic rings. The summed E-state index contributed by atoms with van der Waals surface area (Å²) in [5, 5.41) is 0. The van der Waals surface area contributed by atoms with E-state index in [0.29, 0.717) is 9.79 Å². The molecule has 0 radical (unpaired) electrons. The molecule has 120 valence electrons. The quantitative estimate of drug-likeness (QED) is 0.836. The summed E-state index contributed by atoms with van der Waals surface area (Å²) < 4.78 is 17.9. The number of thioether (sulfide) groups is 1. The van der Waals surface area contributed by atoms with Gasteiger partial charge < -0.3 is 0 Å². The van der Waals surface area contributed by atoms with E-state index in [1.54, 1.807) is 24.3 Å². The third-order valence-corrected chi connectivity index (χ3v) is 7.22. The first-order valence-corrected chi connectivity index (χ1v) is 10.4. The zero-order valence-corrected chi connectivity index (χ0v) is 14.4. The van der Waals surface area contributed by atoms with E-state index >= 15 is 0 Å². The van der Waals surface area contributed by atoms with Crippen molar-refractivity contribution in [3.63, 3.8) is 0 Å². The smallest absolute Gasteiger partial charge is 0.257 e. The Bertz CT molecular complexity index is 730. The molecule has 5 heteroatoms. The molecule has 0 bridgehead atoms. The Morgan fingerprint density at radius 2 is 1.39 bits per heavy atom. The van der Waals surface area contributed by atoms with Crippen LogP contribution in [0.25, 0.3) is 0 Å². The van der Waals surface area contributed by atoms with Crippen molar-refractivity contribution in [2.45, 2.75) is 22.6 Å². The van der Waals surface area contributed by atoms with Gasteiger partial charge in [-0.25, -0.2) is 4.21 Å². The highest BCUT2D eigenvalue weighted by Gasteiger charge is 2.25. The van der Waals surface area contributed by atoms with Gasteiger partial charge in [0.25, 0.3) is 5.91 Å². The highest BCUT2D eigenvalue weighted by Crippen LogP contribution is 2.28. The Kier molecular flexibility index (Phi) is 5.18. The van der Waals surface area contributed by atoms with Gasteiger partial charge in [0.05, 0.1) is 9.79 Å². The van der Waals surface area contributed by atoms with Crippen molar-refractivity contribution < 1.29 is 9.00 Å². The lowest BCUT2D eigenvalue weighted by Crippen LogP contribution is -2.19. The molecule has 1 fully saturated rings.